The monoisotopic (exact) mass is 466 g/mol. The average molecular weight is 466 g/mol. The maximum atomic E-state index is 12.3. The Morgan fingerprint density at radius 3 is 2.68 bits per heavy atom. The fourth-order valence-corrected chi connectivity index (χ4v) is 3.56. The lowest BCUT2D eigenvalue weighted by Crippen LogP contribution is -2.19. The van der Waals surface area contributed by atoms with Gasteiger partial charge in [-0.3, -0.25) is 4.79 Å². The summed E-state index contributed by atoms with van der Waals surface area (Å²) in [6.07, 6.45) is 1.78. The number of carbonyl (C=O) groups is 1. The van der Waals surface area contributed by atoms with Crippen molar-refractivity contribution in [2.75, 3.05) is 14.2 Å². The molecule has 2 aromatic carbocycles. The second-order valence-corrected chi connectivity index (χ2v) is 7.23. The van der Waals surface area contributed by atoms with Gasteiger partial charge < -0.3 is 14.8 Å². The summed E-state index contributed by atoms with van der Waals surface area (Å²) in [6.45, 7) is 0. The number of nitrogens with zero attached hydrogens (tertiary/aromatic N) is 1. The molecule has 3 rings (SSSR count). The van der Waals surface area contributed by atoms with Crippen molar-refractivity contribution >= 4 is 57.2 Å². The van der Waals surface area contributed by atoms with Gasteiger partial charge in [0.1, 0.15) is 11.5 Å². The Morgan fingerprint density at radius 1 is 1.16 bits per heavy atom. The first kappa shape index (κ1) is 17.8. The molecule has 0 saturated carbocycles. The van der Waals surface area contributed by atoms with Crippen LogP contribution >= 0.6 is 34.4 Å². The second-order valence-electron chi connectivity index (χ2n) is 5.04. The molecule has 0 bridgehead atoms. The smallest absolute Gasteiger partial charge is 0.264 e. The van der Waals surface area contributed by atoms with Gasteiger partial charge in [0.05, 0.1) is 24.8 Å². The number of rotatable bonds is 4. The molecule has 128 valence electrons. The predicted molar refractivity (Wildman–Crippen MR) is 110 cm³/mol. The minimum absolute atomic E-state index is 0.181. The molecule has 0 aliphatic carbocycles. The maximum Gasteiger partial charge on any atom is 0.264 e. The minimum atomic E-state index is -0.181. The summed E-state index contributed by atoms with van der Waals surface area (Å²) in [5.74, 6) is 1.19. The molecule has 0 spiro atoms. The molecule has 1 aliphatic heterocycles. The van der Waals surface area contributed by atoms with Gasteiger partial charge in [0.15, 0.2) is 5.17 Å². The van der Waals surface area contributed by atoms with Gasteiger partial charge in [-0.05, 0) is 70.8 Å². The van der Waals surface area contributed by atoms with Gasteiger partial charge in [0.2, 0.25) is 0 Å². The van der Waals surface area contributed by atoms with E-state index >= 15 is 0 Å². The molecule has 5 nitrogen and oxygen atoms in total. The zero-order valence-electron chi connectivity index (χ0n) is 13.6. The quantitative estimate of drug-likeness (QED) is 0.542. The van der Waals surface area contributed by atoms with Gasteiger partial charge in [-0.1, -0.05) is 12.1 Å². The van der Waals surface area contributed by atoms with Crippen LogP contribution in [0.2, 0.25) is 0 Å². The van der Waals surface area contributed by atoms with Crippen LogP contribution in [0.5, 0.6) is 11.5 Å². The SMILES string of the molecule is COc1ccc(OC)c(/C=C2/SC(=Nc3ccccc3I)NC2=O)c1. The summed E-state index contributed by atoms with van der Waals surface area (Å²) in [7, 11) is 3.19. The van der Waals surface area contributed by atoms with Crippen LogP contribution in [0.1, 0.15) is 5.56 Å². The van der Waals surface area contributed by atoms with Gasteiger partial charge in [0.25, 0.3) is 5.91 Å². The second kappa shape index (κ2) is 7.92. The standard InChI is InChI=1S/C18H15IN2O3S/c1-23-12-7-8-15(24-2)11(9-12)10-16-17(22)21-18(25-16)20-14-6-4-3-5-13(14)19/h3-10H,1-2H3,(H,20,21,22)/b16-10+. The number of para-hydroxylation sites is 1. The summed E-state index contributed by atoms with van der Waals surface area (Å²) >= 11 is 3.52. The molecule has 1 fully saturated rings. The van der Waals surface area contributed by atoms with E-state index in [1.165, 1.54) is 11.8 Å². The number of nitrogens with one attached hydrogen (secondary N) is 1. The molecule has 0 unspecified atom stereocenters. The third kappa shape index (κ3) is 4.16. The Bertz CT molecular complexity index is 880. The fraction of sp³-hybridized carbons (Fsp3) is 0.111. The number of aliphatic imine (C=N–C) groups is 1. The van der Waals surface area contributed by atoms with Gasteiger partial charge in [-0.15, -0.1) is 0 Å². The van der Waals surface area contributed by atoms with E-state index in [-0.39, 0.29) is 5.91 Å². The van der Waals surface area contributed by atoms with E-state index in [4.69, 9.17) is 9.47 Å². The first-order chi connectivity index (χ1) is 12.1. The van der Waals surface area contributed by atoms with Gasteiger partial charge in [-0.25, -0.2) is 4.99 Å². The highest BCUT2D eigenvalue weighted by Crippen LogP contribution is 2.32. The molecule has 1 amide bonds. The number of methoxy groups -OCH3 is 2. The molecule has 1 saturated heterocycles. The number of amides is 1. The highest BCUT2D eigenvalue weighted by molar-refractivity contribution is 14.1. The van der Waals surface area contributed by atoms with E-state index in [1.54, 1.807) is 20.3 Å². The fourth-order valence-electron chi connectivity index (χ4n) is 2.23. The molecule has 2 aromatic rings. The molecule has 0 radical (unpaired) electrons. The largest absolute Gasteiger partial charge is 0.497 e. The van der Waals surface area contributed by atoms with Gasteiger partial charge in [-0.2, -0.15) is 0 Å². The van der Waals surface area contributed by atoms with Crippen LogP contribution in [0.25, 0.3) is 6.08 Å². The third-order valence-corrected chi connectivity index (χ3v) is 5.27. The van der Waals surface area contributed by atoms with Crippen molar-refractivity contribution < 1.29 is 14.3 Å². The number of hydrogen-bond acceptors (Lipinski definition) is 5. The molecule has 1 aliphatic rings. The lowest BCUT2D eigenvalue weighted by molar-refractivity contribution is -0.115. The van der Waals surface area contributed by atoms with E-state index in [2.05, 4.69) is 32.9 Å². The number of amidine groups is 1. The van der Waals surface area contributed by atoms with Crippen LogP contribution in [-0.4, -0.2) is 25.3 Å². The van der Waals surface area contributed by atoms with Crippen LogP contribution in [0, 0.1) is 3.57 Å². The predicted octanol–water partition coefficient (Wildman–Crippen LogP) is 4.20. The van der Waals surface area contributed by atoms with Crippen LogP contribution < -0.4 is 14.8 Å². The highest BCUT2D eigenvalue weighted by atomic mass is 127. The number of ether oxygens (including phenoxy) is 2. The van der Waals surface area contributed by atoms with Crippen molar-refractivity contribution in [2.45, 2.75) is 0 Å². The lowest BCUT2D eigenvalue weighted by Gasteiger charge is -2.07. The summed E-state index contributed by atoms with van der Waals surface area (Å²) in [6, 6.07) is 13.2. The number of carbonyl (C=O) groups excluding carboxylic acids is 1. The van der Waals surface area contributed by atoms with Crippen LogP contribution in [-0.2, 0) is 4.79 Å². The van der Waals surface area contributed by atoms with Gasteiger partial charge in [0, 0.05) is 9.13 Å². The number of hydrogen-bond donors (Lipinski definition) is 1. The summed E-state index contributed by atoms with van der Waals surface area (Å²) in [5, 5.41) is 3.35. The molecule has 25 heavy (non-hydrogen) atoms. The summed E-state index contributed by atoms with van der Waals surface area (Å²) < 4.78 is 11.6. The molecule has 7 heteroatoms. The summed E-state index contributed by atoms with van der Waals surface area (Å²) in [5.41, 5.74) is 1.60. The van der Waals surface area contributed by atoms with Crippen LogP contribution in [0.3, 0.4) is 0 Å². The van der Waals surface area contributed by atoms with E-state index in [1.807, 2.05) is 42.5 Å². The number of halogens is 1. The van der Waals surface area contributed by atoms with Crippen molar-refractivity contribution in [1.29, 1.82) is 0 Å². The molecule has 1 heterocycles. The highest BCUT2D eigenvalue weighted by Gasteiger charge is 2.24. The minimum Gasteiger partial charge on any atom is -0.497 e. The number of benzene rings is 2. The van der Waals surface area contributed by atoms with E-state index in [0.717, 1.165) is 14.8 Å². The van der Waals surface area contributed by atoms with Gasteiger partial charge >= 0.3 is 0 Å². The maximum absolute atomic E-state index is 12.3. The van der Waals surface area contributed by atoms with Crippen molar-refractivity contribution in [2.24, 2.45) is 4.99 Å². The van der Waals surface area contributed by atoms with Crippen molar-refractivity contribution in [3.05, 3.63) is 56.5 Å². The van der Waals surface area contributed by atoms with Crippen LogP contribution in [0.15, 0.2) is 52.4 Å². The third-order valence-electron chi connectivity index (χ3n) is 3.45. The molecular weight excluding hydrogens is 451 g/mol. The first-order valence-corrected chi connectivity index (χ1v) is 9.26. The lowest BCUT2D eigenvalue weighted by atomic mass is 10.1. The Labute approximate surface area is 163 Å². The zero-order valence-corrected chi connectivity index (χ0v) is 16.6. The van der Waals surface area contributed by atoms with E-state index in [0.29, 0.717) is 21.6 Å². The number of thioether (sulfide) groups is 1. The first-order valence-electron chi connectivity index (χ1n) is 7.37. The average Bonchev–Trinajstić information content (AvgIpc) is 2.96. The van der Waals surface area contributed by atoms with Crippen molar-refractivity contribution in [1.82, 2.24) is 5.32 Å². The Kier molecular flexibility index (Phi) is 5.64. The normalized spacial score (nSPS) is 17.0. The van der Waals surface area contributed by atoms with E-state index < -0.39 is 0 Å². The Morgan fingerprint density at radius 2 is 1.96 bits per heavy atom. The molecule has 0 atom stereocenters. The topological polar surface area (TPSA) is 59.9 Å². The van der Waals surface area contributed by atoms with Crippen molar-refractivity contribution in [3.8, 4) is 11.5 Å². The Balaban J connectivity index is 1.91. The zero-order chi connectivity index (χ0) is 17.8. The molecule has 1 N–H and O–H groups in total. The Hall–Kier alpha value is -2.00. The van der Waals surface area contributed by atoms with E-state index in [9.17, 15) is 4.79 Å². The molecular formula is C18H15IN2O3S. The molecule has 0 aromatic heterocycles. The van der Waals surface area contributed by atoms with Crippen molar-refractivity contribution in [3.63, 3.8) is 0 Å². The summed E-state index contributed by atoms with van der Waals surface area (Å²) in [4.78, 5) is 17.3. The van der Waals surface area contributed by atoms with Crippen LogP contribution in [0.4, 0.5) is 5.69 Å².